The summed E-state index contributed by atoms with van der Waals surface area (Å²) in [5, 5.41) is 20.1. The molecule has 98 valence electrons. The van der Waals surface area contributed by atoms with Crippen molar-refractivity contribution in [2.45, 2.75) is 0 Å². The van der Waals surface area contributed by atoms with Gasteiger partial charge in [0.25, 0.3) is 0 Å². The van der Waals surface area contributed by atoms with Crippen LogP contribution in [-0.4, -0.2) is 0 Å². The van der Waals surface area contributed by atoms with Crippen LogP contribution in [0.5, 0.6) is 0 Å². The largest absolute Gasteiger partial charge is 0.192 e. The number of nitrogens with zero attached hydrogens (tertiary/aromatic N) is 2. The van der Waals surface area contributed by atoms with E-state index in [0.717, 1.165) is 21.6 Å². The molecule has 1 aromatic heterocycles. The lowest BCUT2D eigenvalue weighted by molar-refractivity contribution is 1.48. The predicted molar refractivity (Wildman–Crippen MR) is 84.6 cm³/mol. The lowest BCUT2D eigenvalue weighted by atomic mass is 10.0. The molecule has 0 saturated heterocycles. The maximum Gasteiger partial charge on any atom is 0.0991 e. The molecule has 0 amide bonds. The first-order valence-electron chi connectivity index (χ1n) is 6.40. The average Bonchev–Trinajstić information content (AvgIpc) is 3.04. The maximum atomic E-state index is 9.03. The molecule has 3 aromatic rings. The molecule has 2 aromatic carbocycles. The third-order valence-electron chi connectivity index (χ3n) is 3.22. The van der Waals surface area contributed by atoms with Gasteiger partial charge >= 0.3 is 0 Å². The van der Waals surface area contributed by atoms with Gasteiger partial charge in [-0.05, 0) is 46.8 Å². The second-order valence-corrected chi connectivity index (χ2v) is 5.46. The molecule has 0 unspecified atom stereocenters. The quantitative estimate of drug-likeness (QED) is 0.677. The minimum atomic E-state index is 0.649. The molecule has 0 bridgehead atoms. The maximum absolute atomic E-state index is 9.03. The van der Waals surface area contributed by atoms with Gasteiger partial charge in [0.2, 0.25) is 0 Å². The first-order chi connectivity index (χ1) is 10.3. The number of hydrogen-bond donors (Lipinski definition) is 0. The smallest absolute Gasteiger partial charge is 0.0991 e. The molecule has 3 heteroatoms. The van der Waals surface area contributed by atoms with Gasteiger partial charge in [-0.3, -0.25) is 0 Å². The molecule has 0 aliphatic heterocycles. The van der Waals surface area contributed by atoms with Crippen LogP contribution in [0.15, 0.2) is 60.0 Å². The minimum Gasteiger partial charge on any atom is -0.192 e. The molecule has 21 heavy (non-hydrogen) atoms. The van der Waals surface area contributed by atoms with Crippen LogP contribution in [0.4, 0.5) is 0 Å². The predicted octanol–water partition coefficient (Wildman–Crippen LogP) is 4.83. The highest BCUT2D eigenvalue weighted by Gasteiger charge is 2.10. The average molecular weight is 286 g/mol. The lowest BCUT2D eigenvalue weighted by Crippen LogP contribution is -1.82. The van der Waals surface area contributed by atoms with E-state index in [4.69, 9.17) is 10.5 Å². The van der Waals surface area contributed by atoms with E-state index in [0.29, 0.717) is 11.1 Å². The van der Waals surface area contributed by atoms with Crippen LogP contribution in [0.25, 0.3) is 21.6 Å². The highest BCUT2D eigenvalue weighted by molar-refractivity contribution is 7.14. The lowest BCUT2D eigenvalue weighted by Gasteiger charge is -2.05. The van der Waals surface area contributed by atoms with E-state index >= 15 is 0 Å². The van der Waals surface area contributed by atoms with Gasteiger partial charge < -0.3 is 0 Å². The third-order valence-corrected chi connectivity index (χ3v) is 4.19. The van der Waals surface area contributed by atoms with Gasteiger partial charge in [-0.15, -0.1) is 11.3 Å². The molecule has 2 nitrogen and oxygen atoms in total. The van der Waals surface area contributed by atoms with Crippen molar-refractivity contribution >= 4 is 11.3 Å². The van der Waals surface area contributed by atoms with E-state index in [9.17, 15) is 0 Å². The molecule has 0 radical (unpaired) electrons. The first kappa shape index (κ1) is 13.1. The van der Waals surface area contributed by atoms with Crippen LogP contribution in [0, 0.1) is 22.7 Å². The Labute approximate surface area is 127 Å². The molecular weight excluding hydrogens is 276 g/mol. The SMILES string of the molecule is N#Cc1cccc(-c2ccsc2-c2cccc(C#N)c2)c1. The van der Waals surface area contributed by atoms with E-state index in [2.05, 4.69) is 18.2 Å². The number of nitriles is 2. The second kappa shape index (κ2) is 5.63. The van der Waals surface area contributed by atoms with E-state index in [1.54, 1.807) is 23.5 Å². The van der Waals surface area contributed by atoms with Gasteiger partial charge in [-0.25, -0.2) is 0 Å². The molecule has 0 saturated carbocycles. The van der Waals surface area contributed by atoms with Gasteiger partial charge in [0.05, 0.1) is 23.3 Å². The fourth-order valence-electron chi connectivity index (χ4n) is 2.25. The third kappa shape index (κ3) is 2.56. The van der Waals surface area contributed by atoms with Gasteiger partial charge in [-0.1, -0.05) is 24.3 Å². The fourth-order valence-corrected chi connectivity index (χ4v) is 3.16. The summed E-state index contributed by atoms with van der Waals surface area (Å²) in [5.74, 6) is 0. The van der Waals surface area contributed by atoms with Crippen LogP contribution in [0.1, 0.15) is 11.1 Å². The molecule has 0 aliphatic rings. The Balaban J connectivity index is 2.13. The topological polar surface area (TPSA) is 47.6 Å². The van der Waals surface area contributed by atoms with Gasteiger partial charge in [0.15, 0.2) is 0 Å². The zero-order chi connectivity index (χ0) is 14.7. The van der Waals surface area contributed by atoms with Crippen LogP contribution >= 0.6 is 11.3 Å². The molecule has 0 spiro atoms. The number of hydrogen-bond acceptors (Lipinski definition) is 3. The first-order valence-corrected chi connectivity index (χ1v) is 7.28. The summed E-state index contributed by atoms with van der Waals surface area (Å²) in [6.07, 6.45) is 0. The van der Waals surface area contributed by atoms with Crippen molar-refractivity contribution in [1.29, 1.82) is 10.5 Å². The Morgan fingerprint density at radius 1 is 0.762 bits per heavy atom. The molecular formula is C18H10N2S. The minimum absolute atomic E-state index is 0.649. The zero-order valence-corrected chi connectivity index (χ0v) is 11.9. The van der Waals surface area contributed by atoms with Crippen molar-refractivity contribution in [1.82, 2.24) is 0 Å². The van der Waals surface area contributed by atoms with Crippen LogP contribution < -0.4 is 0 Å². The van der Waals surface area contributed by atoms with E-state index in [1.165, 1.54) is 0 Å². The summed E-state index contributed by atoms with van der Waals surface area (Å²) < 4.78 is 0. The summed E-state index contributed by atoms with van der Waals surface area (Å²) >= 11 is 1.64. The highest BCUT2D eigenvalue weighted by Crippen LogP contribution is 2.37. The molecule has 3 rings (SSSR count). The fraction of sp³-hybridized carbons (Fsp3) is 0. The number of rotatable bonds is 2. The number of thiophene rings is 1. The molecule has 0 N–H and O–H groups in total. The van der Waals surface area contributed by atoms with Crippen molar-refractivity contribution < 1.29 is 0 Å². The molecule has 1 heterocycles. The zero-order valence-electron chi connectivity index (χ0n) is 11.1. The molecule has 0 aliphatic carbocycles. The van der Waals surface area contributed by atoms with Crippen molar-refractivity contribution in [2.24, 2.45) is 0 Å². The molecule has 0 atom stereocenters. The summed E-state index contributed by atoms with van der Waals surface area (Å²) in [4.78, 5) is 1.11. The summed E-state index contributed by atoms with van der Waals surface area (Å²) in [5.41, 5.74) is 4.44. The highest BCUT2D eigenvalue weighted by atomic mass is 32.1. The Kier molecular flexibility index (Phi) is 3.51. The van der Waals surface area contributed by atoms with Crippen molar-refractivity contribution in [3.05, 3.63) is 71.1 Å². The van der Waals surface area contributed by atoms with Gasteiger partial charge in [0, 0.05) is 10.4 Å². The Morgan fingerprint density at radius 3 is 2.05 bits per heavy atom. The van der Waals surface area contributed by atoms with Crippen molar-refractivity contribution in [2.75, 3.05) is 0 Å². The van der Waals surface area contributed by atoms with Crippen LogP contribution in [0.2, 0.25) is 0 Å². The van der Waals surface area contributed by atoms with Crippen LogP contribution in [-0.2, 0) is 0 Å². The summed E-state index contributed by atoms with van der Waals surface area (Å²) in [7, 11) is 0. The number of benzene rings is 2. The Hall–Kier alpha value is -2.88. The Bertz CT molecular complexity index is 806. The normalized spacial score (nSPS) is 9.81. The summed E-state index contributed by atoms with van der Waals surface area (Å²) in [6, 6.07) is 21.6. The van der Waals surface area contributed by atoms with Gasteiger partial charge in [-0.2, -0.15) is 10.5 Å². The van der Waals surface area contributed by atoms with E-state index < -0.39 is 0 Å². The Morgan fingerprint density at radius 2 is 1.38 bits per heavy atom. The van der Waals surface area contributed by atoms with Crippen LogP contribution in [0.3, 0.4) is 0 Å². The van der Waals surface area contributed by atoms with E-state index in [1.807, 2.05) is 41.8 Å². The van der Waals surface area contributed by atoms with Crippen molar-refractivity contribution in [3.63, 3.8) is 0 Å². The monoisotopic (exact) mass is 286 g/mol. The summed E-state index contributed by atoms with van der Waals surface area (Å²) in [6.45, 7) is 0. The van der Waals surface area contributed by atoms with Gasteiger partial charge in [0.1, 0.15) is 0 Å². The molecule has 0 fully saturated rings. The standard InChI is InChI=1S/C18H10N2S/c19-11-13-3-1-5-15(9-13)17-7-8-21-18(17)16-6-2-4-14(10-16)12-20/h1-10H. The van der Waals surface area contributed by atoms with Crippen molar-refractivity contribution in [3.8, 4) is 33.7 Å². The van der Waals surface area contributed by atoms with E-state index in [-0.39, 0.29) is 0 Å². The second-order valence-electron chi connectivity index (χ2n) is 4.55.